The van der Waals surface area contributed by atoms with Gasteiger partial charge in [-0.3, -0.25) is 9.69 Å². The van der Waals surface area contributed by atoms with Crippen molar-refractivity contribution in [3.8, 4) is 0 Å². The minimum absolute atomic E-state index is 0. The van der Waals surface area contributed by atoms with Gasteiger partial charge in [0.25, 0.3) is 5.91 Å². The van der Waals surface area contributed by atoms with Crippen molar-refractivity contribution >= 4 is 34.2 Å². The maximum Gasteiger partial charge on any atom is 0.405 e. The largest absolute Gasteiger partial charge is 0.444 e. The van der Waals surface area contributed by atoms with Crippen molar-refractivity contribution < 1.29 is 22.4 Å². The molecule has 1 atom stereocenters. The molecule has 0 aromatic carbocycles. The van der Waals surface area contributed by atoms with Gasteiger partial charge in [0.05, 0.1) is 0 Å². The van der Waals surface area contributed by atoms with E-state index in [0.717, 1.165) is 0 Å². The fraction of sp³-hybridized carbons (Fsp3) is 0.615. The van der Waals surface area contributed by atoms with Crippen LogP contribution in [0.2, 0.25) is 0 Å². The van der Waals surface area contributed by atoms with Crippen LogP contribution in [0.3, 0.4) is 0 Å². The van der Waals surface area contributed by atoms with Gasteiger partial charge < -0.3 is 15.1 Å². The fourth-order valence-electron chi connectivity index (χ4n) is 2.38. The van der Waals surface area contributed by atoms with E-state index in [1.807, 2.05) is 0 Å². The summed E-state index contributed by atoms with van der Waals surface area (Å²) < 4.78 is 45.1. The zero-order chi connectivity index (χ0) is 16.3. The standard InChI is InChI=1S/C13H17BrF3N3O2.ClH/c1-8-6-10(14)22-11(8)12(21)19-7-9(13(15,16)17)20-4-2-18-3-5-20;/h6,9,18H,2-5,7H2,1H3,(H,19,21);1H. The van der Waals surface area contributed by atoms with Crippen LogP contribution in [0.5, 0.6) is 0 Å². The van der Waals surface area contributed by atoms with Crippen LogP contribution in [0.25, 0.3) is 0 Å². The van der Waals surface area contributed by atoms with E-state index in [1.54, 1.807) is 13.0 Å². The highest BCUT2D eigenvalue weighted by molar-refractivity contribution is 9.10. The Kier molecular flexibility index (Phi) is 7.37. The van der Waals surface area contributed by atoms with Gasteiger partial charge in [-0.1, -0.05) is 0 Å². The van der Waals surface area contributed by atoms with Crippen molar-refractivity contribution in [3.05, 3.63) is 22.1 Å². The number of furan rings is 1. The van der Waals surface area contributed by atoms with Gasteiger partial charge in [0.2, 0.25) is 0 Å². The van der Waals surface area contributed by atoms with Crippen molar-refractivity contribution in [1.29, 1.82) is 0 Å². The lowest BCUT2D eigenvalue weighted by atomic mass is 10.2. The van der Waals surface area contributed by atoms with Gasteiger partial charge in [-0.25, -0.2) is 0 Å². The van der Waals surface area contributed by atoms with Gasteiger partial charge in [-0.2, -0.15) is 13.2 Å². The highest BCUT2D eigenvalue weighted by atomic mass is 79.9. The number of amides is 1. The number of nitrogens with zero attached hydrogens (tertiary/aromatic N) is 1. The second-order valence-electron chi connectivity index (χ2n) is 5.12. The first-order valence-electron chi connectivity index (χ1n) is 6.84. The lowest BCUT2D eigenvalue weighted by molar-refractivity contribution is -0.183. The van der Waals surface area contributed by atoms with E-state index in [1.165, 1.54) is 4.90 Å². The first-order chi connectivity index (χ1) is 10.3. The lowest BCUT2D eigenvalue weighted by Crippen LogP contribution is -2.57. The number of hydrogen-bond acceptors (Lipinski definition) is 4. The molecule has 1 aliphatic rings. The zero-order valence-electron chi connectivity index (χ0n) is 12.4. The number of halogens is 5. The minimum Gasteiger partial charge on any atom is -0.444 e. The van der Waals surface area contributed by atoms with Gasteiger partial charge in [0, 0.05) is 38.3 Å². The molecular formula is C13H18BrClF3N3O2. The molecule has 1 fully saturated rings. The fourth-order valence-corrected chi connectivity index (χ4v) is 2.89. The van der Waals surface area contributed by atoms with Crippen molar-refractivity contribution in [1.82, 2.24) is 15.5 Å². The predicted molar refractivity (Wildman–Crippen MR) is 85.0 cm³/mol. The Morgan fingerprint density at radius 3 is 2.57 bits per heavy atom. The van der Waals surface area contributed by atoms with Gasteiger partial charge in [-0.05, 0) is 28.9 Å². The third-order valence-corrected chi connectivity index (χ3v) is 3.91. The molecule has 0 saturated carbocycles. The molecule has 2 rings (SSSR count). The molecular weight excluding hydrogens is 403 g/mol. The molecule has 23 heavy (non-hydrogen) atoms. The Morgan fingerprint density at radius 1 is 1.48 bits per heavy atom. The lowest BCUT2D eigenvalue weighted by Gasteiger charge is -2.35. The van der Waals surface area contributed by atoms with Crippen molar-refractivity contribution in [3.63, 3.8) is 0 Å². The van der Waals surface area contributed by atoms with E-state index in [4.69, 9.17) is 4.42 Å². The molecule has 1 amide bonds. The summed E-state index contributed by atoms with van der Waals surface area (Å²) in [4.78, 5) is 13.3. The van der Waals surface area contributed by atoms with Crippen LogP contribution in [0.15, 0.2) is 15.2 Å². The van der Waals surface area contributed by atoms with Crippen LogP contribution in [-0.4, -0.2) is 55.7 Å². The number of nitrogens with one attached hydrogen (secondary N) is 2. The molecule has 0 aliphatic carbocycles. The van der Waals surface area contributed by atoms with E-state index < -0.39 is 24.7 Å². The summed E-state index contributed by atoms with van der Waals surface area (Å²) in [5.41, 5.74) is 0.565. The first-order valence-corrected chi connectivity index (χ1v) is 7.64. The van der Waals surface area contributed by atoms with E-state index in [0.29, 0.717) is 36.4 Å². The molecule has 1 saturated heterocycles. The summed E-state index contributed by atoms with van der Waals surface area (Å²) in [5, 5.41) is 5.33. The summed E-state index contributed by atoms with van der Waals surface area (Å²) in [5.74, 6) is -0.624. The number of carbonyl (C=O) groups is 1. The Hall–Kier alpha value is -0.770. The molecule has 10 heteroatoms. The van der Waals surface area contributed by atoms with Crippen LogP contribution < -0.4 is 10.6 Å². The van der Waals surface area contributed by atoms with Crippen LogP contribution in [0.1, 0.15) is 16.1 Å². The topological polar surface area (TPSA) is 57.5 Å². The summed E-state index contributed by atoms with van der Waals surface area (Å²) in [6, 6.07) is -0.107. The Labute approximate surface area is 146 Å². The molecule has 1 aliphatic heterocycles. The number of hydrogen-bond donors (Lipinski definition) is 2. The average molecular weight is 421 g/mol. The molecule has 132 valence electrons. The van der Waals surface area contributed by atoms with Crippen LogP contribution in [0.4, 0.5) is 13.2 Å². The van der Waals surface area contributed by atoms with Gasteiger partial charge in [-0.15, -0.1) is 12.4 Å². The van der Waals surface area contributed by atoms with E-state index >= 15 is 0 Å². The molecule has 2 heterocycles. The normalized spacial score (nSPS) is 17.4. The number of alkyl halides is 3. The summed E-state index contributed by atoms with van der Waals surface area (Å²) in [6.45, 7) is 2.76. The molecule has 0 radical (unpaired) electrons. The summed E-state index contributed by atoms with van der Waals surface area (Å²) in [6.07, 6.45) is -4.40. The summed E-state index contributed by atoms with van der Waals surface area (Å²) in [7, 11) is 0. The van der Waals surface area contributed by atoms with E-state index in [2.05, 4.69) is 26.6 Å². The van der Waals surface area contributed by atoms with Crippen molar-refractivity contribution in [2.75, 3.05) is 32.7 Å². The smallest absolute Gasteiger partial charge is 0.405 e. The molecule has 0 spiro atoms. The maximum atomic E-state index is 13.2. The third-order valence-electron chi connectivity index (χ3n) is 3.52. The minimum atomic E-state index is -4.40. The molecule has 1 aromatic rings. The molecule has 0 bridgehead atoms. The van der Waals surface area contributed by atoms with Crippen LogP contribution in [-0.2, 0) is 0 Å². The van der Waals surface area contributed by atoms with Crippen LogP contribution in [0, 0.1) is 6.92 Å². The second-order valence-corrected chi connectivity index (χ2v) is 5.90. The Balaban J connectivity index is 0.00000264. The van der Waals surface area contributed by atoms with Crippen molar-refractivity contribution in [2.24, 2.45) is 0 Å². The molecule has 1 aromatic heterocycles. The number of piperazine rings is 1. The summed E-state index contributed by atoms with van der Waals surface area (Å²) >= 11 is 3.08. The quantitative estimate of drug-likeness (QED) is 0.785. The highest BCUT2D eigenvalue weighted by Crippen LogP contribution is 2.25. The Morgan fingerprint density at radius 2 is 2.09 bits per heavy atom. The van der Waals surface area contributed by atoms with E-state index in [9.17, 15) is 18.0 Å². The second kappa shape index (κ2) is 8.36. The number of carbonyl (C=O) groups excluding carboxylic acids is 1. The van der Waals surface area contributed by atoms with Crippen molar-refractivity contribution in [2.45, 2.75) is 19.1 Å². The first kappa shape index (κ1) is 20.3. The van der Waals surface area contributed by atoms with Crippen LogP contribution >= 0.6 is 28.3 Å². The number of aryl methyl sites for hydroxylation is 1. The zero-order valence-corrected chi connectivity index (χ0v) is 14.8. The predicted octanol–water partition coefficient (Wildman–Crippen LogP) is 2.34. The highest BCUT2D eigenvalue weighted by Gasteiger charge is 2.44. The number of rotatable bonds is 4. The van der Waals surface area contributed by atoms with Gasteiger partial charge in [0.1, 0.15) is 6.04 Å². The average Bonchev–Trinajstić information content (AvgIpc) is 2.77. The third kappa shape index (κ3) is 5.37. The Bertz CT molecular complexity index is 533. The van der Waals surface area contributed by atoms with Gasteiger partial charge in [0.15, 0.2) is 10.4 Å². The van der Waals surface area contributed by atoms with E-state index in [-0.39, 0.29) is 18.2 Å². The monoisotopic (exact) mass is 419 g/mol. The van der Waals surface area contributed by atoms with Gasteiger partial charge >= 0.3 is 6.18 Å². The molecule has 5 nitrogen and oxygen atoms in total. The SMILES string of the molecule is Cc1cc(Br)oc1C(=O)NCC(N1CCNCC1)C(F)(F)F.Cl. The molecule has 1 unspecified atom stereocenters. The maximum absolute atomic E-state index is 13.2. The molecule has 2 N–H and O–H groups in total.